The van der Waals surface area contributed by atoms with Crippen molar-refractivity contribution in [1.82, 2.24) is 10.1 Å². The van der Waals surface area contributed by atoms with Gasteiger partial charge in [0.25, 0.3) is 5.89 Å². The number of aliphatic hydroxyl groups is 1. The Morgan fingerprint density at radius 2 is 1.85 bits per heavy atom. The van der Waals surface area contributed by atoms with Gasteiger partial charge in [0.05, 0.1) is 23.3 Å². The van der Waals surface area contributed by atoms with E-state index >= 15 is 0 Å². The van der Waals surface area contributed by atoms with Crippen LogP contribution in [0.5, 0.6) is 11.5 Å². The normalized spacial score (nSPS) is 12.1. The van der Waals surface area contributed by atoms with Crippen molar-refractivity contribution in [2.24, 2.45) is 0 Å². The minimum absolute atomic E-state index is 0.0690. The highest BCUT2D eigenvalue weighted by Gasteiger charge is 2.16. The molecule has 0 spiro atoms. The molecular formula is C21H21ClN3O7P. The number of aromatic nitrogens is 2. The number of hydrogen-bond acceptors (Lipinski definition) is 10. The number of benzene rings is 2. The number of nitriles is 1. The van der Waals surface area contributed by atoms with Crippen LogP contribution in [0.3, 0.4) is 0 Å². The summed E-state index contributed by atoms with van der Waals surface area (Å²) in [7, 11) is -2.54. The fraction of sp³-hybridized carbons (Fsp3) is 0.286. The fourth-order valence-electron chi connectivity index (χ4n) is 2.71. The van der Waals surface area contributed by atoms with E-state index in [1.165, 1.54) is 0 Å². The average Bonchev–Trinajstić information content (AvgIpc) is 3.27. The Balaban J connectivity index is 1.71. The van der Waals surface area contributed by atoms with Crippen molar-refractivity contribution >= 4 is 20.2 Å². The van der Waals surface area contributed by atoms with Gasteiger partial charge in [0.1, 0.15) is 30.3 Å². The van der Waals surface area contributed by atoms with Gasteiger partial charge in [-0.05, 0) is 50.2 Å². The lowest BCUT2D eigenvalue weighted by Crippen LogP contribution is -2.22. The van der Waals surface area contributed by atoms with E-state index in [1.807, 2.05) is 13.8 Å². The van der Waals surface area contributed by atoms with Crippen LogP contribution in [0, 0.1) is 11.3 Å². The maximum atomic E-state index is 9.73. The summed E-state index contributed by atoms with van der Waals surface area (Å²) in [6, 6.07) is 12.0. The largest absolute Gasteiger partial charge is 0.490 e. The summed E-state index contributed by atoms with van der Waals surface area (Å²) < 4.78 is 20.9. The van der Waals surface area contributed by atoms with Crippen molar-refractivity contribution in [3.63, 3.8) is 0 Å². The molecule has 0 saturated carbocycles. The zero-order valence-corrected chi connectivity index (χ0v) is 19.3. The van der Waals surface area contributed by atoms with Crippen LogP contribution in [-0.2, 0) is 4.52 Å². The average molecular weight is 494 g/mol. The third-order valence-electron chi connectivity index (χ3n) is 4.14. The predicted molar refractivity (Wildman–Crippen MR) is 119 cm³/mol. The van der Waals surface area contributed by atoms with Gasteiger partial charge in [-0.15, -0.1) is 0 Å². The van der Waals surface area contributed by atoms with Crippen LogP contribution >= 0.6 is 20.2 Å². The number of halogens is 1. The van der Waals surface area contributed by atoms with Gasteiger partial charge in [0.2, 0.25) is 5.82 Å². The fourth-order valence-corrected chi connectivity index (χ4v) is 3.25. The van der Waals surface area contributed by atoms with Gasteiger partial charge >= 0.3 is 8.60 Å². The number of rotatable bonds is 10. The monoisotopic (exact) mass is 493 g/mol. The molecule has 0 aliphatic rings. The molecule has 0 amide bonds. The summed E-state index contributed by atoms with van der Waals surface area (Å²) in [4.78, 5) is 21.8. The third kappa shape index (κ3) is 6.85. The summed E-state index contributed by atoms with van der Waals surface area (Å²) in [5.74, 6) is 1.29. The number of ether oxygens (including phenoxy) is 2. The summed E-state index contributed by atoms with van der Waals surface area (Å²) in [5, 5.41) is 23.4. The molecule has 0 aliphatic heterocycles. The van der Waals surface area contributed by atoms with Gasteiger partial charge in [0, 0.05) is 11.1 Å². The van der Waals surface area contributed by atoms with Gasteiger partial charge in [-0.2, -0.15) is 10.2 Å². The highest BCUT2D eigenvalue weighted by atomic mass is 35.5. The molecule has 0 aliphatic carbocycles. The molecule has 0 bridgehead atoms. The number of hydrogen-bond donors (Lipinski definition) is 3. The molecule has 3 N–H and O–H groups in total. The predicted octanol–water partition coefficient (Wildman–Crippen LogP) is 3.68. The maximum Gasteiger partial charge on any atom is 0.327 e. The Morgan fingerprint density at radius 1 is 1.12 bits per heavy atom. The lowest BCUT2D eigenvalue weighted by atomic mass is 10.1. The molecule has 10 nitrogen and oxygen atoms in total. The van der Waals surface area contributed by atoms with E-state index in [2.05, 4.69) is 20.7 Å². The quantitative estimate of drug-likeness (QED) is 0.356. The van der Waals surface area contributed by atoms with Crippen molar-refractivity contribution in [3.05, 3.63) is 47.0 Å². The maximum absolute atomic E-state index is 9.73. The summed E-state index contributed by atoms with van der Waals surface area (Å²) in [6.45, 7) is 3.30. The molecule has 0 saturated heterocycles. The first-order chi connectivity index (χ1) is 15.8. The molecule has 2 aromatic carbocycles. The molecule has 33 heavy (non-hydrogen) atoms. The van der Waals surface area contributed by atoms with Crippen molar-refractivity contribution in [2.45, 2.75) is 26.1 Å². The molecule has 1 atom stereocenters. The van der Waals surface area contributed by atoms with Crippen molar-refractivity contribution in [3.8, 4) is 40.4 Å². The zero-order valence-electron chi connectivity index (χ0n) is 17.7. The molecule has 0 radical (unpaired) electrons. The molecule has 174 valence electrons. The molecular weight excluding hydrogens is 473 g/mol. The molecule has 12 heteroatoms. The van der Waals surface area contributed by atoms with Crippen LogP contribution in [0.25, 0.3) is 22.8 Å². The lowest BCUT2D eigenvalue weighted by Gasteiger charge is -2.13. The summed E-state index contributed by atoms with van der Waals surface area (Å²) in [6.07, 6.45) is -1.14. The van der Waals surface area contributed by atoms with Crippen LogP contribution in [0.2, 0.25) is 5.02 Å². The van der Waals surface area contributed by atoms with Crippen LogP contribution in [0.4, 0.5) is 0 Å². The molecule has 3 rings (SSSR count). The molecule has 3 aromatic rings. The third-order valence-corrected chi connectivity index (χ3v) is 4.81. The summed E-state index contributed by atoms with van der Waals surface area (Å²) >= 11 is 6.26. The van der Waals surface area contributed by atoms with Crippen molar-refractivity contribution in [2.75, 3.05) is 13.2 Å². The second kappa shape index (κ2) is 11.4. The Morgan fingerprint density at radius 3 is 2.52 bits per heavy atom. The topological polar surface area (TPSA) is 151 Å². The zero-order chi connectivity index (χ0) is 24.0. The van der Waals surface area contributed by atoms with Crippen molar-refractivity contribution < 1.29 is 33.4 Å². The van der Waals surface area contributed by atoms with Gasteiger partial charge < -0.3 is 33.4 Å². The van der Waals surface area contributed by atoms with Crippen LogP contribution in [0.15, 0.2) is 40.9 Å². The molecule has 0 fully saturated rings. The van der Waals surface area contributed by atoms with E-state index < -0.39 is 14.7 Å². The van der Waals surface area contributed by atoms with Gasteiger partial charge in [-0.3, -0.25) is 0 Å². The standard InChI is InChI=1S/C21H21ClN3O7P/c1-12(2)31-18-5-4-14(7-15(18)9-23)21-24-20(25-32-21)13-3-6-19(17(22)8-13)29-10-16(26)11-30-33(27)28/h3-8,12,16,26-28H,10-11H2,1-2H3. The minimum Gasteiger partial charge on any atom is -0.490 e. The van der Waals surface area contributed by atoms with E-state index in [0.29, 0.717) is 28.2 Å². The molecule has 1 unspecified atom stereocenters. The second-order valence-corrected chi connectivity index (χ2v) is 8.24. The first-order valence-electron chi connectivity index (χ1n) is 9.73. The Hall–Kier alpha value is -2.77. The first kappa shape index (κ1) is 24.9. The number of nitrogens with zero attached hydrogens (tertiary/aromatic N) is 3. The van der Waals surface area contributed by atoms with Crippen molar-refractivity contribution in [1.29, 1.82) is 5.26 Å². The Bertz CT molecular complexity index is 1130. The van der Waals surface area contributed by atoms with Gasteiger partial charge in [0.15, 0.2) is 0 Å². The SMILES string of the molecule is CC(C)Oc1ccc(-c2nc(-c3ccc(OCC(O)COP(O)O)c(Cl)c3)no2)cc1C#N. The van der Waals surface area contributed by atoms with E-state index in [9.17, 15) is 10.4 Å². The Kier molecular flexibility index (Phi) is 8.58. The van der Waals surface area contributed by atoms with E-state index in [0.717, 1.165) is 0 Å². The van der Waals surface area contributed by atoms with Gasteiger partial charge in [-0.1, -0.05) is 16.8 Å². The molecule has 1 heterocycles. The highest BCUT2D eigenvalue weighted by molar-refractivity contribution is 7.39. The lowest BCUT2D eigenvalue weighted by molar-refractivity contribution is 0.0578. The smallest absolute Gasteiger partial charge is 0.327 e. The van der Waals surface area contributed by atoms with Crippen LogP contribution in [-0.4, -0.2) is 50.5 Å². The van der Waals surface area contributed by atoms with E-state index in [4.69, 9.17) is 35.4 Å². The van der Waals surface area contributed by atoms with Crippen LogP contribution < -0.4 is 9.47 Å². The first-order valence-corrected chi connectivity index (χ1v) is 11.3. The second-order valence-electron chi connectivity index (χ2n) is 7.07. The number of aliphatic hydroxyl groups excluding tert-OH is 1. The minimum atomic E-state index is -2.54. The van der Waals surface area contributed by atoms with E-state index in [1.54, 1.807) is 36.4 Å². The Labute approximate surface area is 195 Å². The molecule has 1 aromatic heterocycles. The summed E-state index contributed by atoms with van der Waals surface area (Å²) in [5.41, 5.74) is 1.49. The van der Waals surface area contributed by atoms with Crippen LogP contribution in [0.1, 0.15) is 19.4 Å². The van der Waals surface area contributed by atoms with E-state index in [-0.39, 0.29) is 36.1 Å². The highest BCUT2D eigenvalue weighted by Crippen LogP contribution is 2.32. The van der Waals surface area contributed by atoms with Gasteiger partial charge in [-0.25, -0.2) is 0 Å².